The number of aromatic nitrogens is 3. The number of hydrogen-bond donors (Lipinski definition) is 2. The molecule has 0 bridgehead atoms. The number of hydrogen-bond acceptors (Lipinski definition) is 5. The Kier molecular flexibility index (Phi) is 4.21. The van der Waals surface area contributed by atoms with Crippen LogP contribution in [-0.2, 0) is 7.05 Å². The fraction of sp³-hybridized carbons (Fsp3) is 0.750. The Morgan fingerprint density at radius 1 is 1.57 bits per heavy atom. The van der Waals surface area contributed by atoms with Crippen molar-refractivity contribution in [2.45, 2.75) is 12.5 Å². The summed E-state index contributed by atoms with van der Waals surface area (Å²) in [5, 5.41) is 11.0. The maximum atomic E-state index is 5.99. The Balaban J connectivity index is 2.69. The molecule has 0 radical (unpaired) electrons. The summed E-state index contributed by atoms with van der Waals surface area (Å²) >= 11 is 1.79. The van der Waals surface area contributed by atoms with Crippen molar-refractivity contribution >= 4 is 17.7 Å². The predicted octanol–water partition coefficient (Wildman–Crippen LogP) is 0.610. The minimum atomic E-state index is -0.0259. The second-order valence-corrected chi connectivity index (χ2v) is 4.06. The number of nitrogens with one attached hydrogen (secondary N) is 1. The van der Waals surface area contributed by atoms with Crippen molar-refractivity contribution in [3.8, 4) is 0 Å². The van der Waals surface area contributed by atoms with Gasteiger partial charge in [-0.15, -0.1) is 10.2 Å². The summed E-state index contributed by atoms with van der Waals surface area (Å²) in [5.41, 5.74) is 5.99. The van der Waals surface area contributed by atoms with Gasteiger partial charge in [0, 0.05) is 14.1 Å². The molecule has 0 aliphatic heterocycles. The quantitative estimate of drug-likeness (QED) is 0.753. The summed E-state index contributed by atoms with van der Waals surface area (Å²) in [6.45, 7) is 0. The lowest BCUT2D eigenvalue weighted by molar-refractivity contribution is 0.620. The highest BCUT2D eigenvalue weighted by molar-refractivity contribution is 7.98. The number of rotatable bonds is 5. The maximum Gasteiger partial charge on any atom is 0.224 e. The van der Waals surface area contributed by atoms with Gasteiger partial charge in [-0.2, -0.15) is 11.8 Å². The summed E-state index contributed by atoms with van der Waals surface area (Å²) in [4.78, 5) is 0. The lowest BCUT2D eigenvalue weighted by Gasteiger charge is -2.10. The van der Waals surface area contributed by atoms with Crippen molar-refractivity contribution in [2.75, 3.05) is 24.4 Å². The molecule has 0 unspecified atom stereocenters. The second kappa shape index (κ2) is 5.21. The topological polar surface area (TPSA) is 68.8 Å². The van der Waals surface area contributed by atoms with Crippen LogP contribution < -0.4 is 11.1 Å². The molecule has 0 saturated carbocycles. The Bertz CT molecular complexity index is 285. The Morgan fingerprint density at radius 2 is 2.29 bits per heavy atom. The largest absolute Gasteiger partial charge is 0.357 e. The summed E-state index contributed by atoms with van der Waals surface area (Å²) in [6.07, 6.45) is 3.00. The van der Waals surface area contributed by atoms with Crippen LogP contribution in [0.25, 0.3) is 0 Å². The van der Waals surface area contributed by atoms with Gasteiger partial charge in [0.25, 0.3) is 0 Å². The van der Waals surface area contributed by atoms with Crippen LogP contribution in [0.3, 0.4) is 0 Å². The predicted molar refractivity (Wildman–Crippen MR) is 60.5 cm³/mol. The van der Waals surface area contributed by atoms with E-state index in [-0.39, 0.29) is 6.04 Å². The molecule has 6 heteroatoms. The smallest absolute Gasteiger partial charge is 0.224 e. The third-order valence-electron chi connectivity index (χ3n) is 2.10. The zero-order chi connectivity index (χ0) is 10.6. The first-order chi connectivity index (χ1) is 6.70. The highest BCUT2D eigenvalue weighted by atomic mass is 32.2. The highest BCUT2D eigenvalue weighted by Crippen LogP contribution is 2.15. The fourth-order valence-corrected chi connectivity index (χ4v) is 1.75. The van der Waals surface area contributed by atoms with Gasteiger partial charge in [-0.1, -0.05) is 0 Å². The van der Waals surface area contributed by atoms with E-state index < -0.39 is 0 Å². The lowest BCUT2D eigenvalue weighted by atomic mass is 10.2. The molecular weight excluding hydrogens is 198 g/mol. The molecule has 1 atom stereocenters. The van der Waals surface area contributed by atoms with Gasteiger partial charge in [-0.3, -0.25) is 4.57 Å². The molecular formula is C8H17N5S. The summed E-state index contributed by atoms with van der Waals surface area (Å²) in [7, 11) is 3.74. The number of nitrogens with zero attached hydrogens (tertiary/aromatic N) is 3. The monoisotopic (exact) mass is 215 g/mol. The van der Waals surface area contributed by atoms with E-state index in [4.69, 9.17) is 5.73 Å². The molecule has 0 aliphatic carbocycles. The van der Waals surface area contributed by atoms with Gasteiger partial charge in [0.1, 0.15) is 0 Å². The van der Waals surface area contributed by atoms with Crippen LogP contribution in [0.4, 0.5) is 5.95 Å². The fourth-order valence-electron chi connectivity index (χ4n) is 1.26. The van der Waals surface area contributed by atoms with Gasteiger partial charge in [0.2, 0.25) is 5.95 Å². The van der Waals surface area contributed by atoms with E-state index >= 15 is 0 Å². The highest BCUT2D eigenvalue weighted by Gasteiger charge is 2.14. The van der Waals surface area contributed by atoms with E-state index in [9.17, 15) is 0 Å². The Morgan fingerprint density at radius 3 is 2.79 bits per heavy atom. The summed E-state index contributed by atoms with van der Waals surface area (Å²) in [6, 6.07) is -0.0259. The van der Waals surface area contributed by atoms with Crippen molar-refractivity contribution in [1.82, 2.24) is 14.8 Å². The van der Waals surface area contributed by atoms with Gasteiger partial charge in [-0.05, 0) is 18.4 Å². The molecule has 14 heavy (non-hydrogen) atoms. The molecule has 1 rings (SSSR count). The maximum absolute atomic E-state index is 5.99. The van der Waals surface area contributed by atoms with Gasteiger partial charge in [-0.25, -0.2) is 0 Å². The van der Waals surface area contributed by atoms with Gasteiger partial charge < -0.3 is 11.1 Å². The van der Waals surface area contributed by atoms with Crippen LogP contribution in [0, 0.1) is 0 Å². The van der Waals surface area contributed by atoms with Crippen molar-refractivity contribution in [2.24, 2.45) is 12.8 Å². The molecule has 0 fully saturated rings. The molecule has 5 nitrogen and oxygen atoms in total. The van der Waals surface area contributed by atoms with E-state index in [2.05, 4.69) is 21.8 Å². The van der Waals surface area contributed by atoms with Crippen molar-refractivity contribution in [3.63, 3.8) is 0 Å². The molecule has 1 aromatic rings. The average Bonchev–Trinajstić information content (AvgIpc) is 2.56. The number of anilines is 1. The first-order valence-corrected chi connectivity index (χ1v) is 5.91. The normalized spacial score (nSPS) is 12.9. The Hall–Kier alpha value is -0.750. The molecule has 0 saturated heterocycles. The van der Waals surface area contributed by atoms with Crippen LogP contribution >= 0.6 is 11.8 Å². The van der Waals surface area contributed by atoms with Crippen LogP contribution in [0.5, 0.6) is 0 Å². The van der Waals surface area contributed by atoms with Crippen molar-refractivity contribution in [3.05, 3.63) is 5.82 Å². The Labute approximate surface area is 88.5 Å². The number of thioether (sulfide) groups is 1. The molecule has 0 amide bonds. The second-order valence-electron chi connectivity index (χ2n) is 3.08. The SMILES string of the molecule is CNc1nnc([C@H](N)CCSC)n1C. The van der Waals surface area contributed by atoms with Gasteiger partial charge in [0.05, 0.1) is 6.04 Å². The molecule has 0 aliphatic rings. The van der Waals surface area contributed by atoms with E-state index in [1.807, 2.05) is 18.7 Å². The van der Waals surface area contributed by atoms with Crippen molar-refractivity contribution in [1.29, 1.82) is 0 Å². The standard InChI is InChI=1S/C8H17N5S/c1-10-8-12-11-7(13(8)2)6(9)4-5-14-3/h6H,4-5,9H2,1-3H3,(H,10,12)/t6-/m1/s1. The number of nitrogens with two attached hydrogens (primary N) is 1. The van der Waals surface area contributed by atoms with Crippen LogP contribution in [0.1, 0.15) is 18.3 Å². The molecule has 1 aromatic heterocycles. The minimum Gasteiger partial charge on any atom is -0.357 e. The third kappa shape index (κ3) is 2.39. The molecule has 0 aromatic carbocycles. The summed E-state index contributed by atoms with van der Waals surface area (Å²) < 4.78 is 1.89. The van der Waals surface area contributed by atoms with Gasteiger partial charge >= 0.3 is 0 Å². The zero-order valence-electron chi connectivity index (χ0n) is 8.82. The molecule has 80 valence electrons. The first kappa shape index (κ1) is 11.3. The van der Waals surface area contributed by atoms with Crippen LogP contribution in [-0.4, -0.2) is 33.8 Å². The van der Waals surface area contributed by atoms with Crippen molar-refractivity contribution < 1.29 is 0 Å². The molecule has 3 N–H and O–H groups in total. The average molecular weight is 215 g/mol. The van der Waals surface area contributed by atoms with Gasteiger partial charge in [0.15, 0.2) is 5.82 Å². The third-order valence-corrected chi connectivity index (χ3v) is 2.74. The molecule has 0 spiro atoms. The minimum absolute atomic E-state index is 0.0259. The van der Waals surface area contributed by atoms with E-state index in [1.54, 1.807) is 11.8 Å². The van der Waals surface area contributed by atoms with Crippen LogP contribution in [0.15, 0.2) is 0 Å². The summed E-state index contributed by atoms with van der Waals surface area (Å²) in [5.74, 6) is 2.63. The lowest BCUT2D eigenvalue weighted by Crippen LogP contribution is -2.16. The van der Waals surface area contributed by atoms with Crippen LogP contribution in [0.2, 0.25) is 0 Å². The van der Waals surface area contributed by atoms with E-state index in [0.29, 0.717) is 0 Å². The first-order valence-electron chi connectivity index (χ1n) is 4.52. The van der Waals surface area contributed by atoms with E-state index in [0.717, 1.165) is 23.9 Å². The zero-order valence-corrected chi connectivity index (χ0v) is 9.64. The molecule has 1 heterocycles. The van der Waals surface area contributed by atoms with E-state index in [1.165, 1.54) is 0 Å².